The summed E-state index contributed by atoms with van der Waals surface area (Å²) in [5.41, 5.74) is 0.738. The summed E-state index contributed by atoms with van der Waals surface area (Å²) in [6, 6.07) is 11.4. The minimum absolute atomic E-state index is 0.200. The van der Waals surface area contributed by atoms with Crippen LogP contribution in [0.2, 0.25) is 0 Å². The van der Waals surface area contributed by atoms with E-state index in [1.54, 1.807) is 6.07 Å². The number of hydrogen-bond acceptors (Lipinski definition) is 4. The van der Waals surface area contributed by atoms with E-state index >= 15 is 0 Å². The van der Waals surface area contributed by atoms with Crippen LogP contribution in [0, 0.1) is 0 Å². The van der Waals surface area contributed by atoms with E-state index in [4.69, 9.17) is 9.47 Å². The zero-order valence-electron chi connectivity index (χ0n) is 12.5. The average Bonchev–Trinajstić information content (AvgIpc) is 2.49. The van der Waals surface area contributed by atoms with Crippen molar-refractivity contribution in [2.24, 2.45) is 0 Å². The van der Waals surface area contributed by atoms with Crippen molar-refractivity contribution < 1.29 is 19.4 Å². The lowest BCUT2D eigenvalue weighted by Gasteiger charge is -2.30. The summed E-state index contributed by atoms with van der Waals surface area (Å²) in [5, 5.41) is 12.3. The van der Waals surface area contributed by atoms with Crippen molar-refractivity contribution >= 4 is 16.7 Å². The molecule has 0 unspecified atom stereocenters. The normalized spacial score (nSPS) is 24.4. The van der Waals surface area contributed by atoms with Crippen LogP contribution in [0.15, 0.2) is 48.6 Å². The van der Waals surface area contributed by atoms with E-state index in [1.807, 2.05) is 49.4 Å². The molecule has 3 rings (SSSR count). The molecule has 1 aliphatic heterocycles. The Morgan fingerprint density at radius 3 is 2.68 bits per heavy atom. The van der Waals surface area contributed by atoms with Crippen LogP contribution in [-0.2, 0) is 14.3 Å². The van der Waals surface area contributed by atoms with Gasteiger partial charge in [0.05, 0.1) is 6.10 Å². The number of carbonyl (C=O) groups is 1. The third kappa shape index (κ3) is 2.70. The second-order valence-corrected chi connectivity index (χ2v) is 5.44. The summed E-state index contributed by atoms with van der Waals surface area (Å²) >= 11 is 0. The van der Waals surface area contributed by atoms with E-state index in [0.29, 0.717) is 0 Å². The van der Waals surface area contributed by atoms with Gasteiger partial charge in [0.2, 0.25) is 0 Å². The lowest BCUT2D eigenvalue weighted by atomic mass is 9.96. The maximum atomic E-state index is 11.1. The van der Waals surface area contributed by atoms with Crippen LogP contribution in [-0.4, -0.2) is 23.3 Å². The third-order valence-corrected chi connectivity index (χ3v) is 3.83. The number of rotatable bonds is 2. The summed E-state index contributed by atoms with van der Waals surface area (Å²) in [4.78, 5) is 11.1. The number of fused-ring (bicyclic) bond motifs is 1. The minimum atomic E-state index is -0.397. The summed E-state index contributed by atoms with van der Waals surface area (Å²) < 4.78 is 11.1. The van der Waals surface area contributed by atoms with Crippen molar-refractivity contribution in [1.82, 2.24) is 0 Å². The molecular formula is C18H18O4. The first-order chi connectivity index (χ1) is 10.6. The molecule has 0 fully saturated rings. The van der Waals surface area contributed by atoms with Gasteiger partial charge in [0, 0.05) is 12.5 Å². The number of esters is 1. The molecule has 0 amide bonds. The molecule has 1 aliphatic rings. The summed E-state index contributed by atoms with van der Waals surface area (Å²) in [6.07, 6.45) is 2.60. The van der Waals surface area contributed by atoms with Crippen LogP contribution in [0.4, 0.5) is 0 Å². The molecule has 0 aromatic heterocycles. The molecule has 0 aliphatic carbocycles. The van der Waals surface area contributed by atoms with E-state index in [2.05, 4.69) is 0 Å². The Kier molecular flexibility index (Phi) is 3.86. The Bertz CT molecular complexity index is 735. The van der Waals surface area contributed by atoms with Gasteiger partial charge >= 0.3 is 5.97 Å². The topological polar surface area (TPSA) is 55.8 Å². The van der Waals surface area contributed by atoms with Gasteiger partial charge in [-0.1, -0.05) is 36.4 Å². The highest BCUT2D eigenvalue weighted by Crippen LogP contribution is 2.37. The quantitative estimate of drug-likeness (QED) is 0.681. The van der Waals surface area contributed by atoms with Crippen molar-refractivity contribution in [2.45, 2.75) is 32.2 Å². The molecule has 114 valence electrons. The molecule has 2 aromatic rings. The van der Waals surface area contributed by atoms with Crippen LogP contribution < -0.4 is 0 Å². The molecule has 22 heavy (non-hydrogen) atoms. The van der Waals surface area contributed by atoms with Crippen LogP contribution in [0.1, 0.15) is 25.5 Å². The predicted octanol–water partition coefficient (Wildman–Crippen LogP) is 3.49. The standard InChI is InChI=1S/C18H18O4/c1-11-16(22-12(2)19)9-10-17(21-11)18-14-6-4-3-5-13(14)7-8-15(18)20/h3-11,16-17,20H,1-2H3/t11-,16-,17-/m0/s1. The van der Waals surface area contributed by atoms with Crippen LogP contribution in [0.3, 0.4) is 0 Å². The van der Waals surface area contributed by atoms with Crippen LogP contribution >= 0.6 is 0 Å². The number of phenolic OH excluding ortho intramolecular Hbond substituents is 1. The molecule has 0 bridgehead atoms. The van der Waals surface area contributed by atoms with Gasteiger partial charge in [0.25, 0.3) is 0 Å². The Morgan fingerprint density at radius 1 is 1.18 bits per heavy atom. The van der Waals surface area contributed by atoms with Gasteiger partial charge in [-0.25, -0.2) is 0 Å². The van der Waals surface area contributed by atoms with Crippen molar-refractivity contribution in [3.05, 3.63) is 54.1 Å². The SMILES string of the molecule is CC(=O)O[C@H]1C=C[C@@H](c2c(O)ccc3ccccc23)O[C@H]1C. The zero-order valence-corrected chi connectivity index (χ0v) is 12.5. The van der Waals surface area contributed by atoms with E-state index in [-0.39, 0.29) is 23.9 Å². The largest absolute Gasteiger partial charge is 0.508 e. The first-order valence-electron chi connectivity index (χ1n) is 7.28. The van der Waals surface area contributed by atoms with Crippen molar-refractivity contribution in [3.8, 4) is 5.75 Å². The number of phenols is 1. The second-order valence-electron chi connectivity index (χ2n) is 5.44. The monoisotopic (exact) mass is 298 g/mol. The van der Waals surface area contributed by atoms with Crippen LogP contribution in [0.25, 0.3) is 10.8 Å². The molecule has 3 atom stereocenters. The highest BCUT2D eigenvalue weighted by atomic mass is 16.6. The fraction of sp³-hybridized carbons (Fsp3) is 0.278. The minimum Gasteiger partial charge on any atom is -0.508 e. The van der Waals surface area contributed by atoms with Gasteiger partial charge < -0.3 is 14.6 Å². The molecule has 1 N–H and O–H groups in total. The summed E-state index contributed by atoms with van der Waals surface area (Å²) in [6.45, 7) is 3.23. The summed E-state index contributed by atoms with van der Waals surface area (Å²) in [5.74, 6) is -0.136. The Hall–Kier alpha value is -2.33. The van der Waals surface area contributed by atoms with Crippen molar-refractivity contribution in [1.29, 1.82) is 0 Å². The van der Waals surface area contributed by atoms with E-state index in [9.17, 15) is 9.90 Å². The number of aromatic hydroxyl groups is 1. The van der Waals surface area contributed by atoms with Gasteiger partial charge in [-0.3, -0.25) is 4.79 Å². The molecule has 1 heterocycles. The van der Waals surface area contributed by atoms with Gasteiger partial charge in [0.15, 0.2) is 0 Å². The van der Waals surface area contributed by atoms with Gasteiger partial charge in [0.1, 0.15) is 18.0 Å². The van der Waals surface area contributed by atoms with Crippen LogP contribution in [0.5, 0.6) is 5.75 Å². The molecule has 0 saturated carbocycles. The lowest BCUT2D eigenvalue weighted by molar-refractivity contribution is -0.153. The number of carbonyl (C=O) groups excluding carboxylic acids is 1. The predicted molar refractivity (Wildman–Crippen MR) is 83.6 cm³/mol. The number of benzene rings is 2. The smallest absolute Gasteiger partial charge is 0.303 e. The molecule has 0 radical (unpaired) electrons. The van der Waals surface area contributed by atoms with Crippen molar-refractivity contribution in [2.75, 3.05) is 0 Å². The van der Waals surface area contributed by atoms with E-state index < -0.39 is 6.10 Å². The first kappa shape index (κ1) is 14.6. The zero-order chi connectivity index (χ0) is 15.7. The Balaban J connectivity index is 1.99. The van der Waals surface area contributed by atoms with Gasteiger partial charge in [-0.05, 0) is 29.8 Å². The molecule has 4 nitrogen and oxygen atoms in total. The fourth-order valence-electron chi connectivity index (χ4n) is 2.80. The number of ether oxygens (including phenoxy) is 2. The van der Waals surface area contributed by atoms with Crippen molar-refractivity contribution in [3.63, 3.8) is 0 Å². The first-order valence-corrected chi connectivity index (χ1v) is 7.28. The molecule has 2 aromatic carbocycles. The van der Waals surface area contributed by atoms with Gasteiger partial charge in [-0.2, -0.15) is 0 Å². The molecule has 0 saturated heterocycles. The maximum Gasteiger partial charge on any atom is 0.303 e. The molecule has 4 heteroatoms. The van der Waals surface area contributed by atoms with Gasteiger partial charge in [-0.15, -0.1) is 0 Å². The highest BCUT2D eigenvalue weighted by molar-refractivity contribution is 5.88. The number of hydrogen-bond donors (Lipinski definition) is 1. The highest BCUT2D eigenvalue weighted by Gasteiger charge is 2.28. The lowest BCUT2D eigenvalue weighted by Crippen LogP contribution is -2.33. The fourth-order valence-corrected chi connectivity index (χ4v) is 2.80. The molecular weight excluding hydrogens is 280 g/mol. The average molecular weight is 298 g/mol. The summed E-state index contributed by atoms with van der Waals surface area (Å²) in [7, 11) is 0. The maximum absolute atomic E-state index is 11.1. The Labute approximate surface area is 129 Å². The molecule has 0 spiro atoms. The van der Waals surface area contributed by atoms with E-state index in [0.717, 1.165) is 16.3 Å². The van der Waals surface area contributed by atoms with E-state index in [1.165, 1.54) is 6.92 Å². The second kappa shape index (κ2) is 5.81. The Morgan fingerprint density at radius 2 is 1.95 bits per heavy atom. The third-order valence-electron chi connectivity index (χ3n) is 3.83.